The van der Waals surface area contributed by atoms with E-state index in [9.17, 15) is 5.26 Å². The van der Waals surface area contributed by atoms with Gasteiger partial charge in [-0.15, -0.1) is 0 Å². The summed E-state index contributed by atoms with van der Waals surface area (Å²) in [5.41, 5.74) is 1.53. The van der Waals surface area contributed by atoms with Crippen molar-refractivity contribution in [3.63, 3.8) is 0 Å². The van der Waals surface area contributed by atoms with Gasteiger partial charge in [0, 0.05) is 6.42 Å². The summed E-state index contributed by atoms with van der Waals surface area (Å²) in [5.74, 6) is 1.56. The van der Waals surface area contributed by atoms with Gasteiger partial charge >= 0.3 is 0 Å². The SMILES string of the molecule is COc1ccc(CCC(C#N)(Cc2ncn[nH]2)c2ccccc2)cc1. The third kappa shape index (κ3) is 3.86. The molecule has 0 radical (unpaired) electrons. The third-order valence-corrected chi connectivity index (χ3v) is 4.47. The van der Waals surface area contributed by atoms with Crippen LogP contribution in [0.3, 0.4) is 0 Å². The van der Waals surface area contributed by atoms with E-state index in [4.69, 9.17) is 4.74 Å². The molecule has 1 heterocycles. The van der Waals surface area contributed by atoms with Crippen molar-refractivity contribution in [2.75, 3.05) is 7.11 Å². The Kier molecular flexibility index (Phi) is 5.10. The molecule has 1 N–H and O–H groups in total. The fraction of sp³-hybridized carbons (Fsp3) is 0.250. The molecule has 126 valence electrons. The second-order valence-corrected chi connectivity index (χ2v) is 6.02. The summed E-state index contributed by atoms with van der Waals surface area (Å²) in [7, 11) is 1.66. The van der Waals surface area contributed by atoms with E-state index in [2.05, 4.69) is 21.3 Å². The minimum Gasteiger partial charge on any atom is -0.497 e. The van der Waals surface area contributed by atoms with Gasteiger partial charge in [-0.25, -0.2) is 4.98 Å². The van der Waals surface area contributed by atoms with Crippen LogP contribution >= 0.6 is 0 Å². The molecule has 0 aliphatic rings. The summed E-state index contributed by atoms with van der Waals surface area (Å²) in [6, 6.07) is 20.4. The number of nitriles is 1. The molecule has 0 aliphatic heterocycles. The second kappa shape index (κ2) is 7.63. The Morgan fingerprint density at radius 2 is 1.88 bits per heavy atom. The van der Waals surface area contributed by atoms with Crippen molar-refractivity contribution in [3.8, 4) is 11.8 Å². The minimum absolute atomic E-state index is 0.504. The van der Waals surface area contributed by atoms with Crippen molar-refractivity contribution in [1.29, 1.82) is 5.26 Å². The van der Waals surface area contributed by atoms with Gasteiger partial charge in [0.15, 0.2) is 0 Å². The Bertz CT molecular complexity index is 822. The maximum Gasteiger partial charge on any atom is 0.137 e. The lowest BCUT2D eigenvalue weighted by Gasteiger charge is -2.26. The topological polar surface area (TPSA) is 74.6 Å². The predicted octanol–water partition coefficient (Wildman–Crippen LogP) is 3.45. The number of ether oxygens (including phenoxy) is 1. The first kappa shape index (κ1) is 16.7. The van der Waals surface area contributed by atoms with Crippen LogP contribution in [0.25, 0.3) is 0 Å². The first-order valence-electron chi connectivity index (χ1n) is 8.20. The second-order valence-electron chi connectivity index (χ2n) is 6.02. The summed E-state index contributed by atoms with van der Waals surface area (Å²) >= 11 is 0. The van der Waals surface area contributed by atoms with Gasteiger partial charge in [-0.2, -0.15) is 10.4 Å². The zero-order chi connectivity index (χ0) is 17.5. The molecule has 5 nitrogen and oxygen atoms in total. The van der Waals surface area contributed by atoms with Gasteiger partial charge in [-0.1, -0.05) is 42.5 Å². The lowest BCUT2D eigenvalue weighted by molar-refractivity contribution is 0.414. The zero-order valence-electron chi connectivity index (χ0n) is 14.1. The Hall–Kier alpha value is -3.13. The molecule has 5 heteroatoms. The normalized spacial score (nSPS) is 13.0. The fourth-order valence-electron chi connectivity index (χ4n) is 3.00. The fourth-order valence-corrected chi connectivity index (χ4v) is 3.00. The van der Waals surface area contributed by atoms with E-state index in [1.165, 1.54) is 11.9 Å². The quantitative estimate of drug-likeness (QED) is 0.719. The van der Waals surface area contributed by atoms with Gasteiger partial charge < -0.3 is 4.74 Å². The minimum atomic E-state index is -0.652. The van der Waals surface area contributed by atoms with Gasteiger partial charge in [-0.3, -0.25) is 5.10 Å². The molecule has 0 saturated heterocycles. The number of rotatable bonds is 7. The van der Waals surface area contributed by atoms with Crippen molar-refractivity contribution < 1.29 is 4.74 Å². The number of benzene rings is 2. The average Bonchev–Trinajstić information content (AvgIpc) is 3.19. The van der Waals surface area contributed by atoms with Gasteiger partial charge in [0.2, 0.25) is 0 Å². The van der Waals surface area contributed by atoms with Crippen LogP contribution in [0.4, 0.5) is 0 Å². The lowest BCUT2D eigenvalue weighted by Crippen LogP contribution is -2.28. The van der Waals surface area contributed by atoms with E-state index in [0.29, 0.717) is 12.8 Å². The molecule has 2 aromatic carbocycles. The number of aromatic nitrogens is 3. The summed E-state index contributed by atoms with van der Waals surface area (Å²) in [5, 5.41) is 16.9. The van der Waals surface area contributed by atoms with E-state index in [1.54, 1.807) is 7.11 Å². The molecule has 0 saturated carbocycles. The van der Waals surface area contributed by atoms with Crippen LogP contribution in [-0.2, 0) is 18.3 Å². The van der Waals surface area contributed by atoms with Gasteiger partial charge in [0.25, 0.3) is 0 Å². The predicted molar refractivity (Wildman–Crippen MR) is 95.1 cm³/mol. The van der Waals surface area contributed by atoms with Crippen LogP contribution < -0.4 is 4.74 Å². The number of H-pyrrole nitrogens is 1. The molecule has 1 atom stereocenters. The number of aryl methyl sites for hydroxylation is 1. The first-order chi connectivity index (χ1) is 12.3. The summed E-state index contributed by atoms with van der Waals surface area (Å²) < 4.78 is 5.20. The maximum atomic E-state index is 10.1. The van der Waals surface area contributed by atoms with Crippen molar-refractivity contribution in [2.45, 2.75) is 24.7 Å². The van der Waals surface area contributed by atoms with Crippen molar-refractivity contribution >= 4 is 0 Å². The smallest absolute Gasteiger partial charge is 0.137 e. The summed E-state index contributed by atoms with van der Waals surface area (Å²) in [6.45, 7) is 0. The molecule has 1 aromatic heterocycles. The van der Waals surface area contributed by atoms with Crippen molar-refractivity contribution in [3.05, 3.63) is 77.9 Å². The molecular formula is C20H20N4O. The Labute approximate surface area is 147 Å². The van der Waals surface area contributed by atoms with E-state index >= 15 is 0 Å². The zero-order valence-corrected chi connectivity index (χ0v) is 14.1. The number of nitrogens with one attached hydrogen (secondary N) is 1. The summed E-state index contributed by atoms with van der Waals surface area (Å²) in [6.07, 6.45) is 3.47. The number of hydrogen-bond donors (Lipinski definition) is 1. The van der Waals surface area contributed by atoms with Crippen LogP contribution in [0.1, 0.15) is 23.4 Å². The summed E-state index contributed by atoms with van der Waals surface area (Å²) in [4.78, 5) is 4.22. The third-order valence-electron chi connectivity index (χ3n) is 4.47. The monoisotopic (exact) mass is 332 g/mol. The number of hydrogen-bond acceptors (Lipinski definition) is 4. The highest BCUT2D eigenvalue weighted by Gasteiger charge is 2.33. The van der Waals surface area contributed by atoms with Crippen LogP contribution in [0.2, 0.25) is 0 Å². The highest BCUT2D eigenvalue weighted by molar-refractivity contribution is 5.35. The van der Waals surface area contributed by atoms with E-state index in [-0.39, 0.29) is 0 Å². The van der Waals surface area contributed by atoms with Gasteiger partial charge in [-0.05, 0) is 36.1 Å². The standard InChI is InChI=1S/C20H20N4O/c1-25-18-9-7-16(8-10-18)11-12-20(14-21,13-19-22-15-23-24-19)17-5-3-2-4-6-17/h2-10,15H,11-13H2,1H3,(H,22,23,24). The van der Waals surface area contributed by atoms with Crippen LogP contribution in [0.5, 0.6) is 5.75 Å². The molecule has 0 amide bonds. The maximum absolute atomic E-state index is 10.1. The van der Waals surface area contributed by atoms with Gasteiger partial charge in [0.05, 0.1) is 18.6 Å². The van der Waals surface area contributed by atoms with E-state index < -0.39 is 5.41 Å². The molecule has 1 unspecified atom stereocenters. The largest absolute Gasteiger partial charge is 0.497 e. The number of methoxy groups -OCH3 is 1. The highest BCUT2D eigenvalue weighted by atomic mass is 16.5. The molecule has 3 rings (SSSR count). The van der Waals surface area contributed by atoms with Crippen molar-refractivity contribution in [1.82, 2.24) is 15.2 Å². The number of aromatic amines is 1. The van der Waals surface area contributed by atoms with Gasteiger partial charge in [0.1, 0.15) is 17.9 Å². The molecule has 0 fully saturated rings. The molecule has 3 aromatic rings. The average molecular weight is 332 g/mol. The van der Waals surface area contributed by atoms with Crippen LogP contribution in [0, 0.1) is 11.3 Å². The van der Waals surface area contributed by atoms with Crippen LogP contribution in [0.15, 0.2) is 60.9 Å². The lowest BCUT2D eigenvalue weighted by atomic mass is 9.74. The number of nitrogens with zero attached hydrogens (tertiary/aromatic N) is 3. The highest BCUT2D eigenvalue weighted by Crippen LogP contribution is 2.32. The Balaban J connectivity index is 1.86. The van der Waals surface area contributed by atoms with Crippen LogP contribution in [-0.4, -0.2) is 22.3 Å². The van der Waals surface area contributed by atoms with E-state index in [1.807, 2.05) is 54.6 Å². The molecule has 25 heavy (non-hydrogen) atoms. The molecule has 0 bridgehead atoms. The molecular weight excluding hydrogens is 312 g/mol. The molecule has 0 aliphatic carbocycles. The first-order valence-corrected chi connectivity index (χ1v) is 8.20. The Morgan fingerprint density at radius 3 is 2.48 bits per heavy atom. The molecule has 0 spiro atoms. The van der Waals surface area contributed by atoms with Crippen molar-refractivity contribution in [2.24, 2.45) is 0 Å². The van der Waals surface area contributed by atoms with E-state index in [0.717, 1.165) is 23.6 Å². The Morgan fingerprint density at radius 1 is 1.12 bits per heavy atom.